The average molecular weight is 684 g/mol. The zero-order valence-electron chi connectivity index (χ0n) is 26.2. The van der Waals surface area contributed by atoms with Crippen LogP contribution in [0.3, 0.4) is 0 Å². The van der Waals surface area contributed by atoms with Gasteiger partial charge in [0.25, 0.3) is 0 Å². The van der Waals surface area contributed by atoms with E-state index in [9.17, 15) is 9.90 Å². The van der Waals surface area contributed by atoms with E-state index in [1.165, 1.54) is 4.88 Å². The van der Waals surface area contributed by atoms with Gasteiger partial charge in [-0.3, -0.25) is 9.36 Å². The Kier molecular flexibility index (Phi) is 7.90. The number of carboxylic acid groups (broad SMARTS) is 1. The number of carbonyl (C=O) groups is 1. The van der Waals surface area contributed by atoms with Crippen molar-refractivity contribution in [3.8, 4) is 16.9 Å². The van der Waals surface area contributed by atoms with E-state index in [1.54, 1.807) is 27.8 Å². The Morgan fingerprint density at radius 2 is 1.89 bits per heavy atom. The van der Waals surface area contributed by atoms with Crippen molar-refractivity contribution >= 4 is 62.3 Å². The van der Waals surface area contributed by atoms with E-state index in [1.807, 2.05) is 38.1 Å². The van der Waals surface area contributed by atoms with Crippen molar-refractivity contribution in [3.05, 3.63) is 91.8 Å². The van der Waals surface area contributed by atoms with Crippen LogP contribution in [0.5, 0.6) is 5.75 Å². The predicted octanol–water partition coefficient (Wildman–Crippen LogP) is 8.78. The van der Waals surface area contributed by atoms with Crippen LogP contribution in [0.15, 0.2) is 53.4 Å². The minimum Gasteiger partial charge on any atom is -0.493 e. The number of rotatable bonds is 2. The van der Waals surface area contributed by atoms with Gasteiger partial charge in [0, 0.05) is 49.7 Å². The van der Waals surface area contributed by atoms with E-state index in [0.29, 0.717) is 31.0 Å². The summed E-state index contributed by atoms with van der Waals surface area (Å²) in [6.07, 6.45) is 4.24. The normalized spacial score (nSPS) is 15.2. The molecule has 0 atom stereocenters. The van der Waals surface area contributed by atoms with Crippen molar-refractivity contribution < 1.29 is 14.6 Å². The number of ether oxygens (including phenoxy) is 1. The monoisotopic (exact) mass is 683 g/mol. The minimum absolute atomic E-state index is 0.211. The summed E-state index contributed by atoms with van der Waals surface area (Å²) in [5, 5.41) is 20.2. The van der Waals surface area contributed by atoms with Gasteiger partial charge in [-0.2, -0.15) is 5.10 Å². The number of hydrogen-bond donors (Lipinski definition) is 2. The van der Waals surface area contributed by atoms with Crippen molar-refractivity contribution in [2.45, 2.75) is 69.7 Å². The second-order valence-electron chi connectivity index (χ2n) is 12.2. The van der Waals surface area contributed by atoms with Crippen LogP contribution in [-0.4, -0.2) is 37.1 Å². The first-order chi connectivity index (χ1) is 22.9. The summed E-state index contributed by atoms with van der Waals surface area (Å²) >= 11 is 10.5. The van der Waals surface area contributed by atoms with Gasteiger partial charge in [0.15, 0.2) is 5.69 Å². The van der Waals surface area contributed by atoms with E-state index in [-0.39, 0.29) is 5.69 Å². The van der Waals surface area contributed by atoms with Crippen LogP contribution in [0, 0.1) is 13.8 Å². The minimum atomic E-state index is -0.996. The van der Waals surface area contributed by atoms with E-state index in [4.69, 9.17) is 26.4 Å². The number of nitrogens with zero attached hydrogens (tertiary/aromatic N) is 4. The molecular weight excluding hydrogens is 650 g/mol. The number of aryl methyl sites for hydroxylation is 4. The Hall–Kier alpha value is -3.99. The summed E-state index contributed by atoms with van der Waals surface area (Å²) in [7, 11) is 0. The maximum absolute atomic E-state index is 13.2. The molecule has 3 aromatic carbocycles. The molecule has 6 aromatic rings. The number of thioether (sulfide) groups is 1. The highest BCUT2D eigenvalue weighted by Crippen LogP contribution is 2.43. The second kappa shape index (κ2) is 12.2. The van der Waals surface area contributed by atoms with Gasteiger partial charge >= 0.3 is 5.97 Å². The molecule has 0 amide bonds. The zero-order chi connectivity index (χ0) is 32.2. The molecule has 11 heteroatoms. The number of thiazole rings is 1. The molecule has 0 radical (unpaired) electrons. The summed E-state index contributed by atoms with van der Waals surface area (Å²) in [5.74, 6) is 0.628. The molecule has 0 unspecified atom stereocenters. The summed E-state index contributed by atoms with van der Waals surface area (Å²) in [5.41, 5.74) is 10.1. The highest BCUT2D eigenvalue weighted by Gasteiger charge is 2.30. The van der Waals surface area contributed by atoms with Crippen molar-refractivity contribution in [2.75, 3.05) is 12.0 Å². The fourth-order valence-corrected chi connectivity index (χ4v) is 9.48. The highest BCUT2D eigenvalue weighted by atomic mass is 35.5. The molecule has 0 fully saturated rings. The quantitative estimate of drug-likeness (QED) is 0.188. The molecular formula is C36H34ClN5O3S2. The van der Waals surface area contributed by atoms with Gasteiger partial charge in [0.1, 0.15) is 10.8 Å². The molecule has 3 aromatic heterocycles. The number of carboxylic acids is 1. The lowest BCUT2D eigenvalue weighted by Gasteiger charge is -2.18. The van der Waals surface area contributed by atoms with Gasteiger partial charge in [-0.1, -0.05) is 41.9 Å². The van der Waals surface area contributed by atoms with Crippen molar-refractivity contribution in [2.24, 2.45) is 0 Å². The molecule has 5 heterocycles. The maximum Gasteiger partial charge on any atom is 0.354 e. The van der Waals surface area contributed by atoms with Gasteiger partial charge in [0.2, 0.25) is 0 Å². The predicted molar refractivity (Wildman–Crippen MR) is 190 cm³/mol. The average Bonchev–Trinajstić information content (AvgIpc) is 3.70. The first-order valence-corrected chi connectivity index (χ1v) is 18.2. The molecule has 6 bridgehead atoms. The third-order valence-electron chi connectivity index (χ3n) is 9.23. The van der Waals surface area contributed by atoms with Crippen LogP contribution in [0.4, 0.5) is 0 Å². The van der Waals surface area contributed by atoms with E-state index in [2.05, 4.69) is 34.4 Å². The number of aromatic carboxylic acids is 1. The smallest absolute Gasteiger partial charge is 0.354 e. The number of nitrogens with one attached hydrogen (secondary N) is 1. The largest absolute Gasteiger partial charge is 0.493 e. The highest BCUT2D eigenvalue weighted by molar-refractivity contribution is 7.98. The number of halogens is 1. The van der Waals surface area contributed by atoms with Crippen LogP contribution >= 0.6 is 34.7 Å². The SMILES string of the molecule is Cc1nc2sc1CSc1cc(c3ccccc3c1)OCCCc1c(C(=O)O)n(c3c(-c4c(C)nn5c4CCCC5)c(Cl)ccc13)NC2. The van der Waals surface area contributed by atoms with Gasteiger partial charge in [-0.05, 0) is 75.1 Å². The van der Waals surface area contributed by atoms with E-state index >= 15 is 0 Å². The maximum atomic E-state index is 13.2. The first kappa shape index (κ1) is 30.4. The molecule has 0 saturated carbocycles. The molecule has 0 saturated heterocycles. The van der Waals surface area contributed by atoms with Crippen molar-refractivity contribution in [1.29, 1.82) is 0 Å². The lowest BCUT2D eigenvalue weighted by atomic mass is 9.95. The number of hydrogen-bond acceptors (Lipinski definition) is 7. The molecule has 2 N–H and O–H groups in total. The van der Waals surface area contributed by atoms with Crippen LogP contribution in [0.2, 0.25) is 5.02 Å². The van der Waals surface area contributed by atoms with Crippen LogP contribution < -0.4 is 10.2 Å². The van der Waals surface area contributed by atoms with Gasteiger partial charge in [-0.15, -0.1) is 23.1 Å². The van der Waals surface area contributed by atoms with Gasteiger partial charge in [-0.25, -0.2) is 9.78 Å². The molecule has 47 heavy (non-hydrogen) atoms. The van der Waals surface area contributed by atoms with Crippen LogP contribution in [-0.2, 0) is 31.7 Å². The Labute approximate surface area is 285 Å². The van der Waals surface area contributed by atoms with Gasteiger partial charge < -0.3 is 15.3 Å². The molecule has 2 aliphatic heterocycles. The number of benzene rings is 3. The Bertz CT molecular complexity index is 2200. The fourth-order valence-electron chi connectivity index (χ4n) is 7.11. The van der Waals surface area contributed by atoms with Crippen molar-refractivity contribution in [3.63, 3.8) is 0 Å². The molecule has 240 valence electrons. The van der Waals surface area contributed by atoms with Gasteiger partial charge in [0.05, 0.1) is 35.1 Å². The Balaban J connectivity index is 1.30. The third-order valence-corrected chi connectivity index (χ3v) is 11.9. The van der Waals surface area contributed by atoms with E-state index < -0.39 is 5.97 Å². The fraction of sp³-hybridized carbons (Fsp3) is 0.306. The van der Waals surface area contributed by atoms with Crippen LogP contribution in [0.25, 0.3) is 32.8 Å². The molecule has 8 rings (SSSR count). The standard InChI is InChI=1S/C36H34ClN5O3S2/c1-20-30-19-46-23-16-22-8-3-4-9-24(22)29(17-23)45-15-7-10-25-26-12-13-27(37)33(32-21(2)40-41-14-6-5-11-28(32)41)34(26)42(35(25)36(43)44)38-18-31(39-20)47-30/h3-4,8-9,12-13,16-17,38H,5-7,10-11,14-15,18-19H2,1-2H3,(H,43,44). The molecule has 0 aliphatic carbocycles. The second-order valence-corrected chi connectivity index (χ2v) is 14.8. The first-order valence-electron chi connectivity index (χ1n) is 16.0. The van der Waals surface area contributed by atoms with Crippen molar-refractivity contribution in [1.82, 2.24) is 19.4 Å². The zero-order valence-corrected chi connectivity index (χ0v) is 28.6. The topological polar surface area (TPSA) is 94.2 Å². The third kappa shape index (κ3) is 5.36. The molecule has 2 aliphatic rings. The Morgan fingerprint density at radius 3 is 2.77 bits per heavy atom. The summed E-state index contributed by atoms with van der Waals surface area (Å²) in [4.78, 5) is 20.4. The summed E-state index contributed by atoms with van der Waals surface area (Å²) in [6.45, 7) is 5.76. The summed E-state index contributed by atoms with van der Waals surface area (Å²) in [6, 6.07) is 16.5. The summed E-state index contributed by atoms with van der Waals surface area (Å²) < 4.78 is 10.3. The number of aromatic nitrogens is 4. The van der Waals surface area contributed by atoms with E-state index in [0.717, 1.165) is 103 Å². The lowest BCUT2D eigenvalue weighted by Crippen LogP contribution is -2.21. The number of fused-ring (bicyclic) bond motifs is 12. The molecule has 8 nitrogen and oxygen atoms in total. The molecule has 0 spiro atoms. The van der Waals surface area contributed by atoms with Crippen LogP contribution in [0.1, 0.15) is 62.3 Å². The Morgan fingerprint density at radius 1 is 1.02 bits per heavy atom. The lowest BCUT2D eigenvalue weighted by molar-refractivity contribution is 0.0685.